The molecular weight excluding hydrogens is 414 g/mol. The fourth-order valence-electron chi connectivity index (χ4n) is 3.76. The van der Waals surface area contributed by atoms with Gasteiger partial charge in [-0.1, -0.05) is 6.07 Å². The molecule has 1 fully saturated rings. The first-order valence-corrected chi connectivity index (χ1v) is 10.8. The van der Waals surface area contributed by atoms with Crippen LogP contribution in [0, 0.1) is 0 Å². The average Bonchev–Trinajstić information content (AvgIpc) is 3.22. The third-order valence-corrected chi connectivity index (χ3v) is 5.35. The Bertz CT molecular complexity index is 997. The molecule has 3 heterocycles. The van der Waals surface area contributed by atoms with Gasteiger partial charge in [0.25, 0.3) is 5.91 Å². The zero-order valence-electron chi connectivity index (χ0n) is 18.5. The van der Waals surface area contributed by atoms with Crippen LogP contribution in [0.2, 0.25) is 0 Å². The van der Waals surface area contributed by atoms with Crippen LogP contribution in [0.25, 0.3) is 0 Å². The second-order valence-electron chi connectivity index (χ2n) is 8.33. The number of nitrogens with zero attached hydrogens (tertiary/aromatic N) is 2. The lowest BCUT2D eigenvalue weighted by atomic mass is 10.1. The Morgan fingerprint density at radius 1 is 1.06 bits per heavy atom. The Kier molecular flexibility index (Phi) is 6.96. The first-order valence-electron chi connectivity index (χ1n) is 10.8. The van der Waals surface area contributed by atoms with E-state index in [1.165, 1.54) is 17.9 Å². The molecular formula is C23H29N3O6. The van der Waals surface area contributed by atoms with Crippen molar-refractivity contribution in [3.8, 4) is 17.2 Å². The van der Waals surface area contributed by atoms with Gasteiger partial charge in [0.1, 0.15) is 12.0 Å². The quantitative estimate of drug-likeness (QED) is 0.658. The first kappa shape index (κ1) is 22.2. The van der Waals surface area contributed by atoms with Gasteiger partial charge in [0.2, 0.25) is 18.0 Å². The SMILES string of the molecule is CC(C)NC(=O)COc1coc(CN2CCN(Cc3ccc4c(c3)OCO4)CC2)cc1=O. The van der Waals surface area contributed by atoms with Gasteiger partial charge in [-0.15, -0.1) is 0 Å². The summed E-state index contributed by atoms with van der Waals surface area (Å²) in [6.07, 6.45) is 1.29. The number of fused-ring (bicyclic) bond motifs is 1. The van der Waals surface area contributed by atoms with E-state index in [9.17, 15) is 9.59 Å². The number of hydrogen-bond acceptors (Lipinski definition) is 8. The summed E-state index contributed by atoms with van der Waals surface area (Å²) in [6.45, 7) is 8.80. The number of hydrogen-bond donors (Lipinski definition) is 1. The number of ether oxygens (including phenoxy) is 3. The smallest absolute Gasteiger partial charge is 0.258 e. The van der Waals surface area contributed by atoms with Crippen molar-refractivity contribution < 1.29 is 23.4 Å². The summed E-state index contributed by atoms with van der Waals surface area (Å²) < 4.78 is 21.7. The summed E-state index contributed by atoms with van der Waals surface area (Å²) in [4.78, 5) is 28.6. The number of carbonyl (C=O) groups is 1. The zero-order chi connectivity index (χ0) is 22.5. The normalized spacial score (nSPS) is 16.3. The third-order valence-electron chi connectivity index (χ3n) is 5.35. The van der Waals surface area contributed by atoms with Crippen LogP contribution >= 0.6 is 0 Å². The van der Waals surface area contributed by atoms with E-state index in [1.54, 1.807) is 0 Å². The van der Waals surface area contributed by atoms with Gasteiger partial charge in [-0.25, -0.2) is 0 Å². The maximum Gasteiger partial charge on any atom is 0.258 e. The van der Waals surface area contributed by atoms with Crippen molar-refractivity contribution >= 4 is 5.91 Å². The molecule has 1 amide bonds. The van der Waals surface area contributed by atoms with Crippen molar-refractivity contribution in [2.75, 3.05) is 39.6 Å². The summed E-state index contributed by atoms with van der Waals surface area (Å²) >= 11 is 0. The molecule has 0 unspecified atom stereocenters. The number of piperazine rings is 1. The molecule has 0 aliphatic carbocycles. The topological polar surface area (TPSA) is 93.5 Å². The summed E-state index contributed by atoms with van der Waals surface area (Å²) in [6, 6.07) is 7.53. The molecule has 0 bridgehead atoms. The van der Waals surface area contributed by atoms with E-state index in [4.69, 9.17) is 18.6 Å². The van der Waals surface area contributed by atoms with E-state index < -0.39 is 0 Å². The zero-order valence-corrected chi connectivity index (χ0v) is 18.5. The molecule has 32 heavy (non-hydrogen) atoms. The second kappa shape index (κ2) is 10.1. The monoisotopic (exact) mass is 443 g/mol. The summed E-state index contributed by atoms with van der Waals surface area (Å²) in [5.41, 5.74) is 0.913. The van der Waals surface area contributed by atoms with Crippen molar-refractivity contribution in [1.29, 1.82) is 0 Å². The predicted molar refractivity (Wildman–Crippen MR) is 117 cm³/mol. The number of carbonyl (C=O) groups excluding carboxylic acids is 1. The van der Waals surface area contributed by atoms with Crippen LogP contribution in [0.5, 0.6) is 17.2 Å². The number of nitrogens with one attached hydrogen (secondary N) is 1. The van der Waals surface area contributed by atoms with E-state index in [0.29, 0.717) is 12.3 Å². The lowest BCUT2D eigenvalue weighted by Crippen LogP contribution is -2.45. The van der Waals surface area contributed by atoms with Crippen LogP contribution in [-0.2, 0) is 17.9 Å². The molecule has 2 aromatic rings. The molecule has 172 valence electrons. The van der Waals surface area contributed by atoms with Gasteiger partial charge in [0, 0.05) is 44.8 Å². The highest BCUT2D eigenvalue weighted by Crippen LogP contribution is 2.32. The molecule has 1 aromatic carbocycles. The van der Waals surface area contributed by atoms with Crippen LogP contribution in [0.4, 0.5) is 0 Å². The van der Waals surface area contributed by atoms with Gasteiger partial charge in [0.15, 0.2) is 18.1 Å². The minimum absolute atomic E-state index is 0.0161. The van der Waals surface area contributed by atoms with Gasteiger partial charge in [-0.2, -0.15) is 0 Å². The Hall–Kier alpha value is -3.04. The fourth-order valence-corrected chi connectivity index (χ4v) is 3.76. The molecule has 1 N–H and O–H groups in total. The van der Waals surface area contributed by atoms with Gasteiger partial charge in [-0.05, 0) is 31.5 Å². The number of benzene rings is 1. The Morgan fingerprint density at radius 2 is 1.78 bits per heavy atom. The van der Waals surface area contributed by atoms with Gasteiger partial charge in [-0.3, -0.25) is 19.4 Å². The first-order chi connectivity index (χ1) is 15.5. The van der Waals surface area contributed by atoms with Crippen molar-refractivity contribution in [3.05, 3.63) is 52.1 Å². The van der Waals surface area contributed by atoms with Crippen LogP contribution in [0.1, 0.15) is 25.2 Å². The van der Waals surface area contributed by atoms with Crippen molar-refractivity contribution in [2.24, 2.45) is 0 Å². The van der Waals surface area contributed by atoms with Crippen molar-refractivity contribution in [1.82, 2.24) is 15.1 Å². The van der Waals surface area contributed by atoms with E-state index in [-0.39, 0.29) is 36.5 Å². The Labute approximate surface area is 186 Å². The van der Waals surface area contributed by atoms with Crippen molar-refractivity contribution in [2.45, 2.75) is 33.0 Å². The molecule has 0 radical (unpaired) electrons. The molecule has 0 atom stereocenters. The number of rotatable bonds is 8. The van der Waals surface area contributed by atoms with Gasteiger partial charge in [0.05, 0.1) is 6.54 Å². The van der Waals surface area contributed by atoms with E-state index in [0.717, 1.165) is 44.2 Å². The molecule has 2 aliphatic rings. The minimum atomic E-state index is -0.287. The Balaban J connectivity index is 1.24. The average molecular weight is 444 g/mol. The fraction of sp³-hybridized carbons (Fsp3) is 0.478. The standard InChI is InChI=1S/C23H29N3O6/c1-16(2)24-23(28)14-30-22-13-29-18(10-19(22)27)12-26-7-5-25(6-8-26)11-17-3-4-20-21(9-17)32-15-31-20/h3-4,9-10,13,16H,5-8,11-12,14-15H2,1-2H3,(H,24,28). The second-order valence-corrected chi connectivity index (χ2v) is 8.33. The van der Waals surface area contributed by atoms with Crippen LogP contribution < -0.4 is 25.0 Å². The highest BCUT2D eigenvalue weighted by molar-refractivity contribution is 5.77. The van der Waals surface area contributed by atoms with Gasteiger partial charge >= 0.3 is 0 Å². The lowest BCUT2D eigenvalue weighted by Gasteiger charge is -2.34. The summed E-state index contributed by atoms with van der Waals surface area (Å²) in [5, 5.41) is 2.71. The molecule has 2 aliphatic heterocycles. The van der Waals surface area contributed by atoms with Crippen molar-refractivity contribution in [3.63, 3.8) is 0 Å². The predicted octanol–water partition coefficient (Wildman–Crippen LogP) is 1.59. The lowest BCUT2D eigenvalue weighted by molar-refractivity contribution is -0.123. The molecule has 9 heteroatoms. The summed E-state index contributed by atoms with van der Waals surface area (Å²) in [5.74, 6) is 1.96. The van der Waals surface area contributed by atoms with E-state index in [2.05, 4.69) is 21.2 Å². The molecule has 4 rings (SSSR count). The minimum Gasteiger partial charge on any atom is -0.477 e. The Morgan fingerprint density at radius 3 is 2.50 bits per heavy atom. The van der Waals surface area contributed by atoms with Gasteiger partial charge < -0.3 is 23.9 Å². The molecule has 9 nitrogen and oxygen atoms in total. The van der Waals surface area contributed by atoms with Crippen LogP contribution in [0.15, 0.2) is 39.7 Å². The molecule has 1 saturated heterocycles. The summed E-state index contributed by atoms with van der Waals surface area (Å²) in [7, 11) is 0. The molecule has 0 saturated carbocycles. The third kappa shape index (κ3) is 5.80. The number of amides is 1. The maximum atomic E-state index is 12.3. The highest BCUT2D eigenvalue weighted by atomic mass is 16.7. The van der Waals surface area contributed by atoms with E-state index in [1.807, 2.05) is 26.0 Å². The van der Waals surface area contributed by atoms with E-state index >= 15 is 0 Å². The highest BCUT2D eigenvalue weighted by Gasteiger charge is 2.20. The van der Waals surface area contributed by atoms with Crippen LogP contribution in [-0.4, -0.2) is 61.3 Å². The van der Waals surface area contributed by atoms with Crippen LogP contribution in [0.3, 0.4) is 0 Å². The largest absolute Gasteiger partial charge is 0.477 e. The molecule has 1 aromatic heterocycles. The maximum absolute atomic E-state index is 12.3. The molecule has 0 spiro atoms.